The van der Waals surface area contributed by atoms with Gasteiger partial charge in [0.25, 0.3) is 0 Å². The first-order valence-corrected chi connectivity index (χ1v) is 5.18. The van der Waals surface area contributed by atoms with Crippen LogP contribution in [0.4, 0.5) is 0 Å². The topological polar surface area (TPSA) is 69.1 Å². The Labute approximate surface area is 93.5 Å². The Morgan fingerprint density at radius 1 is 1.56 bits per heavy atom. The largest absolute Gasteiger partial charge is 0.441 e. The van der Waals surface area contributed by atoms with Gasteiger partial charge in [0, 0.05) is 19.4 Å². The summed E-state index contributed by atoms with van der Waals surface area (Å²) in [4.78, 5) is 15.2. The van der Waals surface area contributed by atoms with Crippen LogP contribution in [0.3, 0.4) is 0 Å². The van der Waals surface area contributed by atoms with E-state index in [4.69, 9.17) is 10.2 Å². The molecule has 2 aromatic rings. The molecule has 1 heterocycles. The summed E-state index contributed by atoms with van der Waals surface area (Å²) < 4.78 is 5.41. The summed E-state index contributed by atoms with van der Waals surface area (Å²) in [5.74, 6) is 0.716. The lowest BCUT2D eigenvalue weighted by atomic mass is 10.0. The van der Waals surface area contributed by atoms with Crippen LogP contribution in [0.5, 0.6) is 0 Å². The monoisotopic (exact) mass is 218 g/mol. The predicted octanol–water partition coefficient (Wildman–Crippen LogP) is 2.12. The highest BCUT2D eigenvalue weighted by atomic mass is 16.3. The molecule has 1 aromatic carbocycles. The minimum Gasteiger partial charge on any atom is -0.441 e. The lowest BCUT2D eigenvalue weighted by Crippen LogP contribution is -2.13. The Hall–Kier alpha value is -1.68. The molecule has 0 radical (unpaired) electrons. The molecule has 0 saturated heterocycles. The number of hydrogen-bond acceptors (Lipinski definition) is 4. The first-order valence-electron chi connectivity index (χ1n) is 5.18. The number of nitrogens with zero attached hydrogens (tertiary/aromatic N) is 1. The fourth-order valence-corrected chi connectivity index (χ4v) is 1.71. The summed E-state index contributed by atoms with van der Waals surface area (Å²) in [6.45, 7) is 3.34. The second-order valence-corrected chi connectivity index (χ2v) is 3.97. The molecule has 0 amide bonds. The zero-order valence-electron chi connectivity index (χ0n) is 9.36. The number of nitrogens with two attached hydrogens (primary N) is 1. The van der Waals surface area contributed by atoms with E-state index in [1.807, 2.05) is 18.2 Å². The molecule has 2 rings (SSSR count). The van der Waals surface area contributed by atoms with Gasteiger partial charge in [0.2, 0.25) is 0 Å². The predicted molar refractivity (Wildman–Crippen MR) is 61.0 cm³/mol. The van der Waals surface area contributed by atoms with Crippen molar-refractivity contribution in [3.05, 3.63) is 29.7 Å². The first-order chi connectivity index (χ1) is 7.56. The molecule has 0 spiro atoms. The molecule has 16 heavy (non-hydrogen) atoms. The molecule has 0 aliphatic heterocycles. The van der Waals surface area contributed by atoms with Crippen LogP contribution in [-0.4, -0.2) is 10.8 Å². The third-order valence-corrected chi connectivity index (χ3v) is 2.45. The lowest BCUT2D eigenvalue weighted by molar-refractivity contribution is -0.117. The normalized spacial score (nSPS) is 12.9. The van der Waals surface area contributed by atoms with Gasteiger partial charge in [-0.15, -0.1) is 0 Å². The van der Waals surface area contributed by atoms with E-state index in [1.54, 1.807) is 6.92 Å². The van der Waals surface area contributed by atoms with Gasteiger partial charge >= 0.3 is 0 Å². The van der Waals surface area contributed by atoms with Gasteiger partial charge < -0.3 is 10.2 Å². The van der Waals surface area contributed by atoms with Crippen LogP contribution in [0, 0.1) is 6.92 Å². The molecule has 4 heteroatoms. The number of carbonyl (C=O) groups excluding carboxylic acids is 1. The molecule has 0 bridgehead atoms. The quantitative estimate of drug-likeness (QED) is 0.856. The van der Waals surface area contributed by atoms with Crippen LogP contribution in [0.1, 0.15) is 30.8 Å². The molecule has 0 fully saturated rings. The van der Waals surface area contributed by atoms with Crippen molar-refractivity contribution in [3.8, 4) is 0 Å². The third kappa shape index (κ3) is 2.12. The van der Waals surface area contributed by atoms with Crippen molar-refractivity contribution in [2.24, 2.45) is 5.73 Å². The van der Waals surface area contributed by atoms with Crippen molar-refractivity contribution in [1.29, 1.82) is 0 Å². The number of fused-ring (bicyclic) bond motifs is 1. The molecule has 1 aromatic heterocycles. The Balaban J connectivity index is 2.34. The van der Waals surface area contributed by atoms with Gasteiger partial charge in [0.1, 0.15) is 11.3 Å². The van der Waals surface area contributed by atoms with Gasteiger partial charge in [-0.2, -0.15) is 0 Å². The number of Topliss-reactive ketones (excluding diaryl/α,β-unsaturated/α-hetero) is 1. The number of carbonyl (C=O) groups is 1. The number of rotatable bonds is 3. The number of aromatic nitrogens is 1. The van der Waals surface area contributed by atoms with Crippen LogP contribution >= 0.6 is 0 Å². The Morgan fingerprint density at radius 3 is 3.00 bits per heavy atom. The fraction of sp³-hybridized carbons (Fsp3) is 0.333. The maximum Gasteiger partial charge on any atom is 0.192 e. The lowest BCUT2D eigenvalue weighted by Gasteiger charge is -2.09. The van der Waals surface area contributed by atoms with Crippen LogP contribution in [0.25, 0.3) is 11.1 Å². The van der Waals surface area contributed by atoms with Crippen LogP contribution < -0.4 is 5.73 Å². The summed E-state index contributed by atoms with van der Waals surface area (Å²) in [7, 11) is 0. The molecule has 0 aliphatic carbocycles. The average molecular weight is 218 g/mol. The highest BCUT2D eigenvalue weighted by Crippen LogP contribution is 2.21. The fourth-order valence-electron chi connectivity index (χ4n) is 1.71. The van der Waals surface area contributed by atoms with Crippen molar-refractivity contribution in [3.63, 3.8) is 0 Å². The van der Waals surface area contributed by atoms with E-state index in [1.165, 1.54) is 6.92 Å². The van der Waals surface area contributed by atoms with E-state index in [2.05, 4.69) is 4.98 Å². The third-order valence-electron chi connectivity index (χ3n) is 2.45. The van der Waals surface area contributed by atoms with Crippen LogP contribution in [-0.2, 0) is 4.79 Å². The smallest absolute Gasteiger partial charge is 0.192 e. The second kappa shape index (κ2) is 4.06. The SMILES string of the molecule is CC(=O)CC(N)c1ccc2nc(C)oc2c1. The van der Waals surface area contributed by atoms with E-state index in [0.29, 0.717) is 17.9 Å². The zero-order chi connectivity index (χ0) is 11.7. The number of hydrogen-bond donors (Lipinski definition) is 1. The molecular formula is C12H14N2O2. The minimum absolute atomic E-state index is 0.0846. The summed E-state index contributed by atoms with van der Waals surface area (Å²) >= 11 is 0. The Kier molecular flexibility index (Phi) is 2.75. The Morgan fingerprint density at radius 2 is 2.31 bits per heavy atom. The number of ketones is 1. The molecular weight excluding hydrogens is 204 g/mol. The molecule has 84 valence electrons. The number of aryl methyl sites for hydroxylation is 1. The van der Waals surface area contributed by atoms with E-state index in [-0.39, 0.29) is 11.8 Å². The van der Waals surface area contributed by atoms with Crippen LogP contribution in [0.15, 0.2) is 22.6 Å². The van der Waals surface area contributed by atoms with Gasteiger partial charge in [-0.05, 0) is 24.6 Å². The van der Waals surface area contributed by atoms with Crippen molar-refractivity contribution in [2.45, 2.75) is 26.3 Å². The average Bonchev–Trinajstić information content (AvgIpc) is 2.55. The van der Waals surface area contributed by atoms with Crippen molar-refractivity contribution < 1.29 is 9.21 Å². The van der Waals surface area contributed by atoms with Crippen molar-refractivity contribution in [1.82, 2.24) is 4.98 Å². The first kappa shape index (κ1) is 10.8. The number of benzene rings is 1. The van der Waals surface area contributed by atoms with Crippen molar-refractivity contribution in [2.75, 3.05) is 0 Å². The summed E-state index contributed by atoms with van der Waals surface area (Å²) in [5, 5.41) is 0. The van der Waals surface area contributed by atoms with E-state index < -0.39 is 0 Å². The van der Waals surface area contributed by atoms with Gasteiger partial charge in [-0.25, -0.2) is 4.98 Å². The summed E-state index contributed by atoms with van der Waals surface area (Å²) in [6, 6.07) is 5.33. The summed E-state index contributed by atoms with van der Waals surface area (Å²) in [6.07, 6.45) is 0.346. The maximum atomic E-state index is 11.0. The van der Waals surface area contributed by atoms with Gasteiger partial charge in [0.15, 0.2) is 11.5 Å². The summed E-state index contributed by atoms with van der Waals surface area (Å²) in [5.41, 5.74) is 8.35. The highest BCUT2D eigenvalue weighted by molar-refractivity contribution is 5.77. The molecule has 4 nitrogen and oxygen atoms in total. The van der Waals surface area contributed by atoms with Crippen molar-refractivity contribution >= 4 is 16.9 Å². The van der Waals surface area contributed by atoms with E-state index in [0.717, 1.165) is 11.1 Å². The Bertz CT molecular complexity index is 531. The standard InChI is InChI=1S/C12H14N2O2/c1-7(15)5-10(13)9-3-4-11-12(6-9)16-8(2)14-11/h3-4,6,10H,5,13H2,1-2H3. The number of oxazole rings is 1. The van der Waals surface area contributed by atoms with Crippen LogP contribution in [0.2, 0.25) is 0 Å². The molecule has 2 N–H and O–H groups in total. The van der Waals surface area contributed by atoms with Gasteiger partial charge in [-0.3, -0.25) is 4.79 Å². The minimum atomic E-state index is -0.271. The maximum absolute atomic E-state index is 11.0. The van der Waals surface area contributed by atoms with Gasteiger partial charge in [0.05, 0.1) is 0 Å². The van der Waals surface area contributed by atoms with Gasteiger partial charge in [-0.1, -0.05) is 6.07 Å². The highest BCUT2D eigenvalue weighted by Gasteiger charge is 2.11. The second-order valence-electron chi connectivity index (χ2n) is 3.97. The van der Waals surface area contributed by atoms with E-state index >= 15 is 0 Å². The van der Waals surface area contributed by atoms with E-state index in [9.17, 15) is 4.79 Å². The molecule has 0 saturated carbocycles. The molecule has 1 atom stereocenters. The molecule has 0 aliphatic rings. The zero-order valence-corrected chi connectivity index (χ0v) is 9.36. The molecule has 1 unspecified atom stereocenters.